The van der Waals surface area contributed by atoms with Crippen LogP contribution in [0.4, 0.5) is 0 Å². The molecule has 0 bridgehead atoms. The van der Waals surface area contributed by atoms with Crippen molar-refractivity contribution in [2.24, 2.45) is 11.3 Å². The predicted octanol–water partition coefficient (Wildman–Crippen LogP) is 6.12. The number of carboxylic acid groups (broad SMARTS) is 1. The molecule has 28 heavy (non-hydrogen) atoms. The van der Waals surface area contributed by atoms with Gasteiger partial charge in [-0.3, -0.25) is 0 Å². The second-order valence-electron chi connectivity index (χ2n) is 8.04. The summed E-state index contributed by atoms with van der Waals surface area (Å²) in [6.45, 7) is 6.75. The van der Waals surface area contributed by atoms with E-state index in [1.165, 1.54) is 16.7 Å². The number of hydrogen-bond acceptors (Lipinski definition) is 1. The van der Waals surface area contributed by atoms with Gasteiger partial charge in [-0.15, -0.1) is 0 Å². The van der Waals surface area contributed by atoms with Crippen LogP contribution in [-0.4, -0.2) is 11.1 Å². The van der Waals surface area contributed by atoms with Gasteiger partial charge in [0.15, 0.2) is 0 Å². The van der Waals surface area contributed by atoms with Crippen molar-refractivity contribution in [2.45, 2.75) is 33.6 Å². The first-order valence-corrected chi connectivity index (χ1v) is 9.65. The maximum atomic E-state index is 10.9. The van der Waals surface area contributed by atoms with Crippen molar-refractivity contribution >= 4 is 11.5 Å². The summed E-state index contributed by atoms with van der Waals surface area (Å²) in [5, 5.41) is 8.96. The summed E-state index contributed by atoms with van der Waals surface area (Å²) < 4.78 is 0. The molecule has 2 heteroatoms. The Hall–Kier alpha value is -3.05. The molecule has 142 valence electrons. The lowest BCUT2D eigenvalue weighted by Crippen LogP contribution is -2.26. The fourth-order valence-electron chi connectivity index (χ4n) is 3.68. The molecule has 0 spiro atoms. The normalized spacial score (nSPS) is 18.2. The molecule has 2 nitrogen and oxygen atoms in total. The third kappa shape index (κ3) is 4.61. The molecule has 1 atom stereocenters. The lowest BCUT2D eigenvalue weighted by atomic mass is 9.67. The van der Waals surface area contributed by atoms with Crippen LogP contribution in [0.1, 0.15) is 53.7 Å². The van der Waals surface area contributed by atoms with Gasteiger partial charge >= 0.3 is 5.97 Å². The Kier molecular flexibility index (Phi) is 5.85. The highest BCUT2D eigenvalue weighted by Crippen LogP contribution is 2.45. The summed E-state index contributed by atoms with van der Waals surface area (Å²) in [7, 11) is 0. The second-order valence-corrected chi connectivity index (χ2v) is 8.04. The molecule has 1 aliphatic carbocycles. The van der Waals surface area contributed by atoms with Crippen LogP contribution in [0.3, 0.4) is 0 Å². The first-order chi connectivity index (χ1) is 13.4. The monoisotopic (exact) mass is 370 g/mol. The maximum absolute atomic E-state index is 10.9. The fourth-order valence-corrected chi connectivity index (χ4v) is 3.68. The summed E-state index contributed by atoms with van der Waals surface area (Å²) in [5.74, 6) is 5.59. The van der Waals surface area contributed by atoms with E-state index in [9.17, 15) is 4.79 Å². The molecule has 0 saturated heterocycles. The van der Waals surface area contributed by atoms with Crippen molar-refractivity contribution in [3.63, 3.8) is 0 Å². The van der Waals surface area contributed by atoms with E-state index in [0.29, 0.717) is 5.92 Å². The molecule has 1 unspecified atom stereocenters. The molecule has 0 aliphatic heterocycles. The lowest BCUT2D eigenvalue weighted by molar-refractivity contribution is 0.0697. The van der Waals surface area contributed by atoms with Crippen molar-refractivity contribution in [3.8, 4) is 11.8 Å². The van der Waals surface area contributed by atoms with Crippen molar-refractivity contribution in [1.29, 1.82) is 0 Å². The van der Waals surface area contributed by atoms with Crippen LogP contribution in [0.5, 0.6) is 0 Å². The van der Waals surface area contributed by atoms with Gasteiger partial charge in [-0.25, -0.2) is 4.79 Å². The molecular formula is C26H26O2. The van der Waals surface area contributed by atoms with E-state index in [1.54, 1.807) is 24.3 Å². The highest BCUT2D eigenvalue weighted by molar-refractivity contribution is 5.87. The van der Waals surface area contributed by atoms with Crippen LogP contribution in [0, 0.1) is 30.1 Å². The minimum Gasteiger partial charge on any atom is -0.478 e. The molecule has 1 N–H and O–H groups in total. The molecule has 2 aromatic carbocycles. The first kappa shape index (κ1) is 19.7. The van der Waals surface area contributed by atoms with Gasteiger partial charge in [-0.2, -0.15) is 0 Å². The van der Waals surface area contributed by atoms with Crippen LogP contribution >= 0.6 is 0 Å². The highest BCUT2D eigenvalue weighted by Gasteiger charge is 2.33. The Labute approximate surface area is 167 Å². The molecule has 2 aromatic rings. The van der Waals surface area contributed by atoms with Crippen molar-refractivity contribution < 1.29 is 9.90 Å². The van der Waals surface area contributed by atoms with Gasteiger partial charge < -0.3 is 5.11 Å². The lowest BCUT2D eigenvalue weighted by Gasteiger charge is -2.38. The molecule has 0 amide bonds. The molecule has 0 saturated carbocycles. The van der Waals surface area contributed by atoms with Crippen molar-refractivity contribution in [3.05, 3.63) is 89.0 Å². The number of hydrogen-bond donors (Lipinski definition) is 1. The fraction of sp³-hybridized carbons (Fsp3) is 0.269. The summed E-state index contributed by atoms with van der Waals surface area (Å²) in [6.07, 6.45) is 8.76. The quantitative estimate of drug-likeness (QED) is 0.661. The number of benzene rings is 2. The SMILES string of the molecule is Cc1ccc(C2=CCCC(C)(C)C2/C=C/C#Cc2ccc(C(=O)O)cc2)cc1. The molecule has 0 fully saturated rings. The standard InChI is InChI=1S/C26H26O2/c1-19-10-14-21(15-11-19)23-8-6-18-26(2,3)24(23)9-5-4-7-20-12-16-22(17-13-20)25(27)28/h5,8-17,24H,6,18H2,1-3H3,(H,27,28)/b9-5+. The molecule has 1 aliphatic rings. The molecule has 3 rings (SSSR count). The summed E-state index contributed by atoms with van der Waals surface area (Å²) >= 11 is 0. The second kappa shape index (κ2) is 8.31. The third-order valence-corrected chi connectivity index (χ3v) is 5.44. The molecule has 0 heterocycles. The Morgan fingerprint density at radius 2 is 1.79 bits per heavy atom. The van der Waals surface area contributed by atoms with Crippen LogP contribution in [0.2, 0.25) is 0 Å². The Morgan fingerprint density at radius 1 is 1.11 bits per heavy atom. The van der Waals surface area contributed by atoms with E-state index in [-0.39, 0.29) is 11.0 Å². The number of carboxylic acids is 1. The largest absolute Gasteiger partial charge is 0.478 e. The molecule has 0 radical (unpaired) electrons. The van der Waals surface area contributed by atoms with E-state index in [1.807, 2.05) is 6.08 Å². The Balaban J connectivity index is 1.81. The Morgan fingerprint density at radius 3 is 2.43 bits per heavy atom. The maximum Gasteiger partial charge on any atom is 0.335 e. The highest BCUT2D eigenvalue weighted by atomic mass is 16.4. The average molecular weight is 370 g/mol. The molecule has 0 aromatic heterocycles. The zero-order valence-corrected chi connectivity index (χ0v) is 16.7. The minimum absolute atomic E-state index is 0.177. The molecular weight excluding hydrogens is 344 g/mol. The van der Waals surface area contributed by atoms with Gasteiger partial charge in [0.25, 0.3) is 0 Å². The van der Waals surface area contributed by atoms with E-state index in [0.717, 1.165) is 18.4 Å². The van der Waals surface area contributed by atoms with E-state index in [2.05, 4.69) is 69.0 Å². The van der Waals surface area contributed by atoms with Crippen LogP contribution in [-0.2, 0) is 0 Å². The summed E-state index contributed by atoms with van der Waals surface area (Å²) in [6, 6.07) is 15.4. The van der Waals surface area contributed by atoms with Crippen LogP contribution < -0.4 is 0 Å². The number of carbonyl (C=O) groups is 1. The van der Waals surface area contributed by atoms with Gasteiger partial charge in [0.2, 0.25) is 0 Å². The average Bonchev–Trinajstić information content (AvgIpc) is 2.66. The summed E-state index contributed by atoms with van der Waals surface area (Å²) in [4.78, 5) is 10.9. The van der Waals surface area contributed by atoms with Crippen LogP contribution in [0.25, 0.3) is 5.57 Å². The smallest absolute Gasteiger partial charge is 0.335 e. The topological polar surface area (TPSA) is 37.3 Å². The number of allylic oxidation sites excluding steroid dienone is 4. The van der Waals surface area contributed by atoms with Crippen molar-refractivity contribution in [1.82, 2.24) is 0 Å². The van der Waals surface area contributed by atoms with Gasteiger partial charge in [-0.05, 0) is 66.7 Å². The first-order valence-electron chi connectivity index (χ1n) is 9.65. The van der Waals surface area contributed by atoms with Gasteiger partial charge in [-0.1, -0.05) is 67.7 Å². The Bertz CT molecular complexity index is 962. The minimum atomic E-state index is -0.922. The zero-order valence-electron chi connectivity index (χ0n) is 16.7. The third-order valence-electron chi connectivity index (χ3n) is 5.44. The van der Waals surface area contributed by atoms with Gasteiger partial charge in [0, 0.05) is 11.5 Å². The van der Waals surface area contributed by atoms with E-state index >= 15 is 0 Å². The number of aromatic carboxylic acids is 1. The van der Waals surface area contributed by atoms with Crippen molar-refractivity contribution in [2.75, 3.05) is 0 Å². The summed E-state index contributed by atoms with van der Waals surface area (Å²) in [5.41, 5.74) is 5.19. The van der Waals surface area contributed by atoms with E-state index < -0.39 is 5.97 Å². The van der Waals surface area contributed by atoms with Gasteiger partial charge in [0.1, 0.15) is 0 Å². The number of rotatable bonds is 3. The zero-order chi connectivity index (χ0) is 20.1. The van der Waals surface area contributed by atoms with Gasteiger partial charge in [0.05, 0.1) is 5.56 Å². The number of aryl methyl sites for hydroxylation is 1. The van der Waals surface area contributed by atoms with Crippen LogP contribution in [0.15, 0.2) is 66.8 Å². The van der Waals surface area contributed by atoms with E-state index in [4.69, 9.17) is 5.11 Å². The predicted molar refractivity (Wildman–Crippen MR) is 115 cm³/mol.